The lowest BCUT2D eigenvalue weighted by molar-refractivity contribution is 0.181. The van der Waals surface area contributed by atoms with Gasteiger partial charge in [-0.3, -0.25) is 0 Å². The highest BCUT2D eigenvalue weighted by molar-refractivity contribution is 5.35. The number of likely N-dealkylation sites (N-methyl/N-ethyl adjacent to an activating group) is 1. The van der Waals surface area contributed by atoms with Gasteiger partial charge in [0, 0.05) is 24.2 Å². The summed E-state index contributed by atoms with van der Waals surface area (Å²) in [6, 6.07) is 8.87. The highest BCUT2D eigenvalue weighted by atomic mass is 16.5. The zero-order valence-corrected chi connectivity index (χ0v) is 12.8. The summed E-state index contributed by atoms with van der Waals surface area (Å²) in [5.41, 5.74) is 7.53. The number of hydrogen-bond donors (Lipinski definition) is 1. The van der Waals surface area contributed by atoms with Crippen LogP contribution in [0.5, 0.6) is 5.75 Å². The lowest BCUT2D eigenvalue weighted by Crippen LogP contribution is -2.38. The fraction of sp³-hybridized carbons (Fsp3) is 0.647. The molecule has 3 nitrogen and oxygen atoms in total. The van der Waals surface area contributed by atoms with Crippen LogP contribution < -0.4 is 10.5 Å². The van der Waals surface area contributed by atoms with Gasteiger partial charge in [0.05, 0.1) is 6.61 Å². The quantitative estimate of drug-likeness (QED) is 0.866. The maximum absolute atomic E-state index is 6.41. The molecule has 20 heavy (non-hydrogen) atoms. The second kappa shape index (κ2) is 7.65. The molecule has 1 aromatic carbocycles. The first kappa shape index (κ1) is 15.3. The Labute approximate surface area is 123 Å². The fourth-order valence-corrected chi connectivity index (χ4v) is 3.15. The molecule has 2 rings (SSSR count). The summed E-state index contributed by atoms with van der Waals surface area (Å²) in [5.74, 6) is 0.930. The van der Waals surface area contributed by atoms with Crippen LogP contribution in [0.2, 0.25) is 0 Å². The number of nitrogens with zero attached hydrogens (tertiary/aromatic N) is 1. The Morgan fingerprint density at radius 2 is 1.95 bits per heavy atom. The fourth-order valence-electron chi connectivity index (χ4n) is 3.15. The molecule has 0 radical (unpaired) electrons. The second-order valence-electron chi connectivity index (χ2n) is 5.81. The molecular weight excluding hydrogens is 248 g/mol. The molecule has 1 aliphatic carbocycles. The average Bonchev–Trinajstić information content (AvgIpc) is 2.49. The van der Waals surface area contributed by atoms with Gasteiger partial charge in [0.2, 0.25) is 0 Å². The highest BCUT2D eigenvalue weighted by Gasteiger charge is 2.21. The smallest absolute Gasteiger partial charge is 0.124 e. The van der Waals surface area contributed by atoms with Crippen molar-refractivity contribution in [2.75, 3.05) is 20.2 Å². The van der Waals surface area contributed by atoms with Crippen molar-refractivity contribution >= 4 is 0 Å². The first-order chi connectivity index (χ1) is 9.72. The van der Waals surface area contributed by atoms with Crippen LogP contribution in [0.25, 0.3) is 0 Å². The Balaban J connectivity index is 1.98. The number of rotatable bonds is 6. The van der Waals surface area contributed by atoms with Gasteiger partial charge in [0.25, 0.3) is 0 Å². The number of para-hydroxylation sites is 1. The van der Waals surface area contributed by atoms with Crippen LogP contribution in [-0.4, -0.2) is 31.1 Å². The molecule has 0 bridgehead atoms. The molecule has 3 heteroatoms. The van der Waals surface area contributed by atoms with E-state index < -0.39 is 0 Å². The minimum Gasteiger partial charge on any atom is -0.494 e. The van der Waals surface area contributed by atoms with Gasteiger partial charge in [-0.15, -0.1) is 0 Å². The summed E-state index contributed by atoms with van der Waals surface area (Å²) in [7, 11) is 2.21. The minimum absolute atomic E-state index is 0.0182. The first-order valence-electron chi connectivity index (χ1n) is 7.90. The van der Waals surface area contributed by atoms with E-state index in [1.54, 1.807) is 0 Å². The third-order valence-electron chi connectivity index (χ3n) is 4.30. The zero-order chi connectivity index (χ0) is 14.4. The SMILES string of the molecule is CCOc1ccccc1C(N)CN(C)C1CCCCC1. The molecule has 1 atom stereocenters. The Morgan fingerprint density at radius 1 is 1.25 bits per heavy atom. The van der Waals surface area contributed by atoms with E-state index >= 15 is 0 Å². The number of benzene rings is 1. The van der Waals surface area contributed by atoms with Crippen LogP contribution in [0.4, 0.5) is 0 Å². The third-order valence-corrected chi connectivity index (χ3v) is 4.30. The minimum atomic E-state index is 0.0182. The van der Waals surface area contributed by atoms with Gasteiger partial charge in [0.15, 0.2) is 0 Å². The highest BCUT2D eigenvalue weighted by Crippen LogP contribution is 2.27. The maximum Gasteiger partial charge on any atom is 0.124 e. The van der Waals surface area contributed by atoms with Crippen molar-refractivity contribution in [3.63, 3.8) is 0 Å². The van der Waals surface area contributed by atoms with Gasteiger partial charge in [-0.25, -0.2) is 0 Å². The predicted molar refractivity (Wildman–Crippen MR) is 84.0 cm³/mol. The van der Waals surface area contributed by atoms with E-state index in [2.05, 4.69) is 18.0 Å². The first-order valence-corrected chi connectivity index (χ1v) is 7.90. The van der Waals surface area contributed by atoms with Crippen molar-refractivity contribution < 1.29 is 4.74 Å². The molecule has 1 fully saturated rings. The van der Waals surface area contributed by atoms with Gasteiger partial charge in [0.1, 0.15) is 5.75 Å². The normalized spacial score (nSPS) is 18.2. The number of ether oxygens (including phenoxy) is 1. The third kappa shape index (κ3) is 3.97. The summed E-state index contributed by atoms with van der Waals surface area (Å²) in [5, 5.41) is 0. The molecule has 1 aliphatic rings. The van der Waals surface area contributed by atoms with E-state index in [0.29, 0.717) is 12.6 Å². The molecule has 0 aliphatic heterocycles. The average molecular weight is 276 g/mol. The number of hydrogen-bond acceptors (Lipinski definition) is 3. The predicted octanol–water partition coefficient (Wildman–Crippen LogP) is 3.35. The van der Waals surface area contributed by atoms with Crippen molar-refractivity contribution in [1.29, 1.82) is 0 Å². The van der Waals surface area contributed by atoms with Crippen LogP contribution in [0.1, 0.15) is 50.6 Å². The van der Waals surface area contributed by atoms with E-state index in [4.69, 9.17) is 10.5 Å². The van der Waals surface area contributed by atoms with Crippen molar-refractivity contribution in [2.24, 2.45) is 5.73 Å². The van der Waals surface area contributed by atoms with Crippen LogP contribution in [0.15, 0.2) is 24.3 Å². The van der Waals surface area contributed by atoms with Crippen LogP contribution in [0.3, 0.4) is 0 Å². The Morgan fingerprint density at radius 3 is 2.65 bits per heavy atom. The molecule has 1 aromatic rings. The molecule has 112 valence electrons. The molecule has 1 unspecified atom stereocenters. The van der Waals surface area contributed by atoms with E-state index in [1.165, 1.54) is 32.1 Å². The monoisotopic (exact) mass is 276 g/mol. The van der Waals surface area contributed by atoms with Crippen molar-refractivity contribution in [2.45, 2.75) is 51.1 Å². The van der Waals surface area contributed by atoms with E-state index in [1.807, 2.05) is 25.1 Å². The summed E-state index contributed by atoms with van der Waals surface area (Å²) >= 11 is 0. The van der Waals surface area contributed by atoms with Crippen LogP contribution in [0, 0.1) is 0 Å². The van der Waals surface area contributed by atoms with Gasteiger partial charge in [-0.2, -0.15) is 0 Å². The summed E-state index contributed by atoms with van der Waals surface area (Å²) < 4.78 is 5.69. The van der Waals surface area contributed by atoms with Crippen molar-refractivity contribution in [1.82, 2.24) is 4.90 Å². The van der Waals surface area contributed by atoms with Crippen molar-refractivity contribution in [3.05, 3.63) is 29.8 Å². The molecule has 0 amide bonds. The largest absolute Gasteiger partial charge is 0.494 e. The van der Waals surface area contributed by atoms with E-state index in [9.17, 15) is 0 Å². The standard InChI is InChI=1S/C17H28N2O/c1-3-20-17-12-8-7-11-15(17)16(18)13-19(2)14-9-5-4-6-10-14/h7-8,11-12,14,16H,3-6,9-10,13,18H2,1-2H3. The molecule has 0 heterocycles. The maximum atomic E-state index is 6.41. The zero-order valence-electron chi connectivity index (χ0n) is 12.8. The lowest BCUT2D eigenvalue weighted by atomic mass is 9.94. The topological polar surface area (TPSA) is 38.5 Å². The molecule has 0 spiro atoms. The van der Waals surface area contributed by atoms with Gasteiger partial charge < -0.3 is 15.4 Å². The number of nitrogens with two attached hydrogens (primary N) is 1. The van der Waals surface area contributed by atoms with Gasteiger partial charge in [-0.1, -0.05) is 37.5 Å². The van der Waals surface area contributed by atoms with Crippen molar-refractivity contribution in [3.8, 4) is 5.75 Å². The van der Waals surface area contributed by atoms with Gasteiger partial charge >= 0.3 is 0 Å². The second-order valence-corrected chi connectivity index (χ2v) is 5.81. The Bertz CT molecular complexity index is 402. The van der Waals surface area contributed by atoms with E-state index in [0.717, 1.165) is 17.9 Å². The van der Waals surface area contributed by atoms with Gasteiger partial charge in [-0.05, 0) is 32.9 Å². The molecular formula is C17H28N2O. The summed E-state index contributed by atoms with van der Waals surface area (Å²) in [4.78, 5) is 2.44. The molecule has 2 N–H and O–H groups in total. The Hall–Kier alpha value is -1.06. The van der Waals surface area contributed by atoms with E-state index in [-0.39, 0.29) is 6.04 Å². The molecule has 0 saturated heterocycles. The van der Waals surface area contributed by atoms with Crippen LogP contribution in [-0.2, 0) is 0 Å². The van der Waals surface area contributed by atoms with Crippen LogP contribution >= 0.6 is 0 Å². The lowest BCUT2D eigenvalue weighted by Gasteiger charge is -2.33. The summed E-state index contributed by atoms with van der Waals surface area (Å²) in [6.45, 7) is 3.59. The molecule has 0 aromatic heterocycles. The molecule has 1 saturated carbocycles. The summed E-state index contributed by atoms with van der Waals surface area (Å²) in [6.07, 6.45) is 6.75. The Kier molecular flexibility index (Phi) is 5.86.